The van der Waals surface area contributed by atoms with Gasteiger partial charge in [0.2, 0.25) is 0 Å². The number of hydrogen-bond acceptors (Lipinski definition) is 4. The molecule has 0 aliphatic carbocycles. The molecule has 4 rings (SSSR count). The van der Waals surface area contributed by atoms with Crippen LogP contribution in [0.2, 0.25) is 0 Å². The summed E-state index contributed by atoms with van der Waals surface area (Å²) in [6.45, 7) is 2.90. The highest BCUT2D eigenvalue weighted by Crippen LogP contribution is 2.23. The average Bonchev–Trinajstić information content (AvgIpc) is 2.86. The van der Waals surface area contributed by atoms with Crippen LogP contribution in [0.25, 0.3) is 10.9 Å². The maximum absolute atomic E-state index is 13.6. The van der Waals surface area contributed by atoms with Gasteiger partial charge in [0.25, 0.3) is 5.56 Å². The smallest absolute Gasteiger partial charge is 0.322 e. The van der Waals surface area contributed by atoms with Gasteiger partial charge in [0.15, 0.2) is 0 Å². The molecule has 1 heterocycles. The van der Waals surface area contributed by atoms with Gasteiger partial charge in [-0.05, 0) is 42.8 Å². The summed E-state index contributed by atoms with van der Waals surface area (Å²) in [5.41, 5.74) is 2.09. The van der Waals surface area contributed by atoms with Crippen molar-refractivity contribution >= 4 is 38.6 Å². The highest BCUT2D eigenvalue weighted by atomic mass is 79.9. The van der Waals surface area contributed by atoms with Crippen LogP contribution in [0.15, 0.2) is 88.1 Å². The minimum atomic E-state index is -0.502. The Labute approximate surface area is 212 Å². The maximum atomic E-state index is 13.6. The molecule has 3 aromatic carbocycles. The topological polar surface area (TPSA) is 76.5 Å². The van der Waals surface area contributed by atoms with Gasteiger partial charge in [-0.2, -0.15) is 0 Å². The van der Waals surface area contributed by atoms with Crippen molar-refractivity contribution < 1.29 is 9.53 Å². The quantitative estimate of drug-likeness (QED) is 0.326. The molecular formula is C27H27BrN4O3. The Hall–Kier alpha value is -3.49. The van der Waals surface area contributed by atoms with Crippen LogP contribution in [0.4, 0.5) is 10.5 Å². The summed E-state index contributed by atoms with van der Waals surface area (Å²) >= 11 is 3.44. The lowest BCUT2D eigenvalue weighted by molar-refractivity contribution is 0.136. The Kier molecular flexibility index (Phi) is 7.94. The van der Waals surface area contributed by atoms with Gasteiger partial charge in [0, 0.05) is 23.8 Å². The van der Waals surface area contributed by atoms with Crippen molar-refractivity contribution in [2.75, 3.05) is 25.6 Å². The molecule has 1 N–H and O–H groups in total. The minimum absolute atomic E-state index is 0.139. The number of nitrogens with zero attached hydrogens (tertiary/aromatic N) is 3. The third kappa shape index (κ3) is 5.78. The number of carbonyl (C=O) groups is 1. The minimum Gasteiger partial charge on any atom is -0.383 e. The fourth-order valence-electron chi connectivity index (χ4n) is 3.98. The molecule has 0 aliphatic rings. The van der Waals surface area contributed by atoms with Gasteiger partial charge in [-0.3, -0.25) is 9.36 Å². The van der Waals surface area contributed by atoms with Gasteiger partial charge in [-0.25, -0.2) is 9.78 Å². The van der Waals surface area contributed by atoms with E-state index in [1.54, 1.807) is 22.6 Å². The number of hydrogen-bond donors (Lipinski definition) is 1. The molecule has 1 unspecified atom stereocenters. The maximum Gasteiger partial charge on any atom is 0.322 e. The van der Waals surface area contributed by atoms with Gasteiger partial charge < -0.3 is 15.0 Å². The zero-order chi connectivity index (χ0) is 24.8. The van der Waals surface area contributed by atoms with E-state index in [0.717, 1.165) is 10.0 Å². The molecule has 0 aliphatic heterocycles. The third-order valence-corrected chi connectivity index (χ3v) is 6.28. The van der Waals surface area contributed by atoms with Crippen LogP contribution < -0.4 is 10.9 Å². The summed E-state index contributed by atoms with van der Waals surface area (Å²) < 4.78 is 7.80. The lowest BCUT2D eigenvalue weighted by atomic mass is 10.1. The SMILES string of the molecule is COCCN(C(=O)Nc1cccc(Br)c1)C(C)c1nc2ccccc2c(=O)n1Cc1ccccc1. The lowest BCUT2D eigenvalue weighted by Crippen LogP contribution is -2.41. The van der Waals surface area contributed by atoms with Crippen LogP contribution in [0.3, 0.4) is 0 Å². The van der Waals surface area contributed by atoms with Crippen molar-refractivity contribution in [3.8, 4) is 0 Å². The van der Waals surface area contributed by atoms with Gasteiger partial charge in [-0.15, -0.1) is 0 Å². The van der Waals surface area contributed by atoms with Crippen molar-refractivity contribution in [1.82, 2.24) is 14.5 Å². The van der Waals surface area contributed by atoms with Crippen LogP contribution in [0.5, 0.6) is 0 Å². The average molecular weight is 535 g/mol. The first-order valence-electron chi connectivity index (χ1n) is 11.3. The molecule has 1 atom stereocenters. The first-order valence-corrected chi connectivity index (χ1v) is 12.1. The fourth-order valence-corrected chi connectivity index (χ4v) is 4.38. The second-order valence-electron chi connectivity index (χ2n) is 8.17. The van der Waals surface area contributed by atoms with Gasteiger partial charge in [0.1, 0.15) is 5.82 Å². The molecule has 0 saturated carbocycles. The van der Waals surface area contributed by atoms with E-state index in [9.17, 15) is 9.59 Å². The first kappa shape index (κ1) is 24.6. The molecule has 0 radical (unpaired) electrons. The molecule has 0 fully saturated rings. The van der Waals surface area contributed by atoms with Crippen molar-refractivity contribution in [3.05, 3.63) is 105 Å². The largest absolute Gasteiger partial charge is 0.383 e. The van der Waals surface area contributed by atoms with Crippen LogP contribution >= 0.6 is 15.9 Å². The van der Waals surface area contributed by atoms with Crippen LogP contribution in [-0.2, 0) is 11.3 Å². The van der Waals surface area contributed by atoms with E-state index in [1.165, 1.54) is 0 Å². The Morgan fingerprint density at radius 1 is 1.09 bits per heavy atom. The van der Waals surface area contributed by atoms with E-state index in [2.05, 4.69) is 21.2 Å². The number of anilines is 1. The molecule has 0 saturated heterocycles. The molecular weight excluding hydrogens is 508 g/mol. The van der Waals surface area contributed by atoms with Gasteiger partial charge in [-0.1, -0.05) is 64.5 Å². The van der Waals surface area contributed by atoms with E-state index >= 15 is 0 Å². The summed E-state index contributed by atoms with van der Waals surface area (Å²) in [6.07, 6.45) is 0. The number of benzene rings is 3. The molecule has 180 valence electrons. The number of nitrogens with one attached hydrogen (secondary N) is 1. The zero-order valence-corrected chi connectivity index (χ0v) is 21.2. The highest BCUT2D eigenvalue weighted by Gasteiger charge is 2.26. The van der Waals surface area contributed by atoms with Crippen LogP contribution in [0.1, 0.15) is 24.4 Å². The van der Waals surface area contributed by atoms with Crippen molar-refractivity contribution in [2.45, 2.75) is 19.5 Å². The number of para-hydroxylation sites is 1. The van der Waals surface area contributed by atoms with Crippen molar-refractivity contribution in [2.24, 2.45) is 0 Å². The normalized spacial score (nSPS) is 11.9. The molecule has 2 amide bonds. The van der Waals surface area contributed by atoms with Crippen LogP contribution in [-0.4, -0.2) is 40.7 Å². The molecule has 7 nitrogen and oxygen atoms in total. The number of rotatable bonds is 8. The summed E-state index contributed by atoms with van der Waals surface area (Å²) in [6, 6.07) is 23.6. The number of urea groups is 1. The summed E-state index contributed by atoms with van der Waals surface area (Å²) in [5.74, 6) is 0.512. The fraction of sp³-hybridized carbons (Fsp3) is 0.222. The number of ether oxygens (including phenoxy) is 1. The number of aromatic nitrogens is 2. The van der Waals surface area contributed by atoms with E-state index in [1.807, 2.05) is 79.7 Å². The molecule has 1 aromatic heterocycles. The Bertz CT molecular complexity index is 1370. The number of amides is 2. The summed E-state index contributed by atoms with van der Waals surface area (Å²) in [5, 5.41) is 3.49. The van der Waals surface area contributed by atoms with Crippen molar-refractivity contribution in [3.63, 3.8) is 0 Å². The molecule has 4 aromatic rings. The zero-order valence-electron chi connectivity index (χ0n) is 19.6. The third-order valence-electron chi connectivity index (χ3n) is 5.79. The lowest BCUT2D eigenvalue weighted by Gasteiger charge is -2.30. The highest BCUT2D eigenvalue weighted by molar-refractivity contribution is 9.10. The Balaban J connectivity index is 1.76. The molecule has 8 heteroatoms. The monoisotopic (exact) mass is 534 g/mol. The van der Waals surface area contributed by atoms with Gasteiger partial charge >= 0.3 is 6.03 Å². The summed E-state index contributed by atoms with van der Waals surface area (Å²) in [4.78, 5) is 33.5. The molecule has 35 heavy (non-hydrogen) atoms. The standard InChI is InChI=1S/C27H27BrN4O3/c1-19(31(15-16-35-2)27(34)29-22-12-8-11-21(28)17-22)25-30-24-14-7-6-13-23(24)26(33)32(25)18-20-9-4-3-5-10-20/h3-14,17,19H,15-16,18H2,1-2H3,(H,29,34). The predicted octanol–water partition coefficient (Wildman–Crippen LogP) is 5.45. The summed E-state index contributed by atoms with van der Waals surface area (Å²) in [7, 11) is 1.59. The first-order chi connectivity index (χ1) is 17.0. The Morgan fingerprint density at radius 2 is 1.83 bits per heavy atom. The number of halogens is 1. The number of fused-ring (bicyclic) bond motifs is 1. The number of carbonyl (C=O) groups excluding carboxylic acids is 1. The number of methoxy groups -OCH3 is 1. The van der Waals surface area contributed by atoms with Crippen molar-refractivity contribution in [1.29, 1.82) is 0 Å². The van der Waals surface area contributed by atoms with Gasteiger partial charge in [0.05, 0.1) is 30.1 Å². The van der Waals surface area contributed by atoms with Crippen LogP contribution in [0, 0.1) is 0 Å². The Morgan fingerprint density at radius 3 is 2.57 bits per heavy atom. The molecule has 0 spiro atoms. The van der Waals surface area contributed by atoms with E-state index in [0.29, 0.717) is 42.1 Å². The second kappa shape index (κ2) is 11.3. The predicted molar refractivity (Wildman–Crippen MR) is 142 cm³/mol. The molecule has 0 bridgehead atoms. The second-order valence-corrected chi connectivity index (χ2v) is 9.08. The van der Waals surface area contributed by atoms with E-state index in [-0.39, 0.29) is 11.6 Å². The van der Waals surface area contributed by atoms with E-state index < -0.39 is 6.04 Å². The van der Waals surface area contributed by atoms with E-state index in [4.69, 9.17) is 9.72 Å².